The number of rotatable bonds is 4. The molecule has 0 saturated carbocycles. The highest BCUT2D eigenvalue weighted by molar-refractivity contribution is 5.96. The van der Waals surface area contributed by atoms with E-state index in [1.807, 2.05) is 6.92 Å². The number of benzene rings is 1. The zero-order valence-electron chi connectivity index (χ0n) is 15.2. The van der Waals surface area contributed by atoms with E-state index in [1.165, 1.54) is 12.1 Å². The van der Waals surface area contributed by atoms with Gasteiger partial charge in [0.2, 0.25) is 0 Å². The van der Waals surface area contributed by atoms with E-state index in [2.05, 4.69) is 22.2 Å². The lowest BCUT2D eigenvalue weighted by molar-refractivity contribution is 0.0140. The van der Waals surface area contributed by atoms with Crippen LogP contribution in [-0.2, 0) is 4.74 Å². The number of carbonyl (C=O) groups is 1. The lowest BCUT2D eigenvalue weighted by atomic mass is 9.86. The van der Waals surface area contributed by atoms with Crippen molar-refractivity contribution in [2.24, 2.45) is 0 Å². The maximum atomic E-state index is 13.6. The number of carbonyl (C=O) groups excluding carboxylic acids is 1. The molecular weight excluding hydrogens is 321 g/mol. The molecule has 25 heavy (non-hydrogen) atoms. The highest BCUT2D eigenvalue weighted by Gasteiger charge is 2.37. The summed E-state index contributed by atoms with van der Waals surface area (Å²) in [6.07, 6.45) is 1.81. The number of nitrogens with one attached hydrogen (secondary N) is 1. The molecule has 0 aromatic heterocycles. The molecule has 138 valence electrons. The van der Waals surface area contributed by atoms with Crippen molar-refractivity contribution in [1.29, 1.82) is 0 Å². The summed E-state index contributed by atoms with van der Waals surface area (Å²) < 4.78 is 19.0. The molecule has 0 aliphatic carbocycles. The van der Waals surface area contributed by atoms with Gasteiger partial charge in [-0.3, -0.25) is 9.69 Å². The Hall–Kier alpha value is -1.50. The van der Waals surface area contributed by atoms with Crippen LogP contribution in [0.4, 0.5) is 4.39 Å². The summed E-state index contributed by atoms with van der Waals surface area (Å²) in [7, 11) is 2.11. The second-order valence-electron chi connectivity index (χ2n) is 7.39. The van der Waals surface area contributed by atoms with Gasteiger partial charge in [-0.05, 0) is 44.5 Å². The van der Waals surface area contributed by atoms with Gasteiger partial charge in [-0.15, -0.1) is 0 Å². The number of amides is 1. The molecule has 3 rings (SSSR count). The van der Waals surface area contributed by atoms with Crippen LogP contribution in [0.3, 0.4) is 0 Å². The number of likely N-dealkylation sites (tertiary alicyclic amines) is 1. The van der Waals surface area contributed by atoms with Crippen LogP contribution >= 0.6 is 0 Å². The lowest BCUT2D eigenvalue weighted by Gasteiger charge is -2.45. The smallest absolute Gasteiger partial charge is 0.252 e. The fourth-order valence-corrected chi connectivity index (χ4v) is 3.70. The third kappa shape index (κ3) is 4.57. The van der Waals surface area contributed by atoms with Gasteiger partial charge in [0, 0.05) is 38.3 Å². The van der Waals surface area contributed by atoms with Crippen LogP contribution in [0.25, 0.3) is 0 Å². The fourth-order valence-electron chi connectivity index (χ4n) is 3.70. The maximum Gasteiger partial charge on any atom is 0.252 e. The zero-order valence-corrected chi connectivity index (χ0v) is 15.2. The minimum Gasteiger partial charge on any atom is -0.379 e. The van der Waals surface area contributed by atoms with Gasteiger partial charge < -0.3 is 15.0 Å². The van der Waals surface area contributed by atoms with Crippen LogP contribution < -0.4 is 5.32 Å². The van der Waals surface area contributed by atoms with E-state index in [4.69, 9.17) is 4.74 Å². The van der Waals surface area contributed by atoms with Crippen molar-refractivity contribution in [3.8, 4) is 0 Å². The van der Waals surface area contributed by atoms with Crippen LogP contribution in [0.1, 0.15) is 28.8 Å². The van der Waals surface area contributed by atoms with Crippen molar-refractivity contribution in [1.82, 2.24) is 15.1 Å². The van der Waals surface area contributed by atoms with E-state index >= 15 is 0 Å². The standard InChI is InChI=1S/C19H28FN3O2/c1-15-3-4-16(20)13-17(15)18(24)21-19(5-7-22(2)8-6-19)14-23-9-11-25-12-10-23/h3-4,13H,5-12,14H2,1-2H3,(H,21,24). The second-order valence-corrected chi connectivity index (χ2v) is 7.39. The third-order valence-corrected chi connectivity index (χ3v) is 5.40. The molecule has 0 bridgehead atoms. The molecular formula is C19H28FN3O2. The van der Waals surface area contributed by atoms with E-state index in [-0.39, 0.29) is 17.3 Å². The van der Waals surface area contributed by atoms with E-state index in [1.54, 1.807) is 6.07 Å². The topological polar surface area (TPSA) is 44.8 Å². The molecule has 2 fully saturated rings. The Labute approximate surface area is 149 Å². The summed E-state index contributed by atoms with van der Waals surface area (Å²) >= 11 is 0. The molecule has 0 atom stereocenters. The quantitative estimate of drug-likeness (QED) is 0.898. The van der Waals surface area contributed by atoms with Crippen LogP contribution in [0, 0.1) is 12.7 Å². The monoisotopic (exact) mass is 349 g/mol. The Bertz CT molecular complexity index is 609. The molecule has 0 unspecified atom stereocenters. The van der Waals surface area contributed by atoms with Gasteiger partial charge in [-0.2, -0.15) is 0 Å². The summed E-state index contributed by atoms with van der Waals surface area (Å²) in [5, 5.41) is 3.27. The molecule has 0 spiro atoms. The van der Waals surface area contributed by atoms with E-state index in [0.29, 0.717) is 5.56 Å². The molecule has 2 heterocycles. The summed E-state index contributed by atoms with van der Waals surface area (Å²) in [4.78, 5) is 17.5. The molecule has 1 amide bonds. The van der Waals surface area contributed by atoms with Crippen LogP contribution in [-0.4, -0.2) is 74.2 Å². The molecule has 1 aromatic carbocycles. The van der Waals surface area contributed by atoms with Crippen LogP contribution in [0.5, 0.6) is 0 Å². The Balaban J connectivity index is 1.76. The zero-order chi connectivity index (χ0) is 17.9. The summed E-state index contributed by atoms with van der Waals surface area (Å²) in [6.45, 7) is 7.85. The van der Waals surface area contributed by atoms with Crippen LogP contribution in [0.15, 0.2) is 18.2 Å². The molecule has 5 nitrogen and oxygen atoms in total. The average molecular weight is 349 g/mol. The first-order valence-corrected chi connectivity index (χ1v) is 9.05. The van der Waals surface area contributed by atoms with Gasteiger partial charge in [0.1, 0.15) is 5.82 Å². The normalized spacial score (nSPS) is 21.9. The number of piperidine rings is 1. The SMILES string of the molecule is Cc1ccc(F)cc1C(=O)NC1(CN2CCOCC2)CCN(C)CC1. The molecule has 6 heteroatoms. The number of hydrogen-bond acceptors (Lipinski definition) is 4. The Morgan fingerprint density at radius 2 is 1.92 bits per heavy atom. The van der Waals surface area contributed by atoms with Crippen molar-refractivity contribution in [2.75, 3.05) is 53.0 Å². The summed E-state index contributed by atoms with van der Waals surface area (Å²) in [5.74, 6) is -0.545. The highest BCUT2D eigenvalue weighted by Crippen LogP contribution is 2.25. The Morgan fingerprint density at radius 3 is 2.60 bits per heavy atom. The number of aryl methyl sites for hydroxylation is 1. The van der Waals surface area contributed by atoms with Gasteiger partial charge >= 0.3 is 0 Å². The highest BCUT2D eigenvalue weighted by atomic mass is 19.1. The Kier molecular flexibility index (Phi) is 5.71. The van der Waals surface area contributed by atoms with Crippen molar-refractivity contribution < 1.29 is 13.9 Å². The second kappa shape index (κ2) is 7.81. The molecule has 2 aliphatic rings. The maximum absolute atomic E-state index is 13.6. The van der Waals surface area contributed by atoms with Crippen LogP contribution in [0.2, 0.25) is 0 Å². The predicted octanol–water partition coefficient (Wildman–Crippen LogP) is 1.66. The molecule has 2 saturated heterocycles. The van der Waals surface area contributed by atoms with Gasteiger partial charge in [-0.25, -0.2) is 4.39 Å². The van der Waals surface area contributed by atoms with Crippen molar-refractivity contribution in [3.63, 3.8) is 0 Å². The third-order valence-electron chi connectivity index (χ3n) is 5.40. The Morgan fingerprint density at radius 1 is 1.24 bits per heavy atom. The average Bonchev–Trinajstić information content (AvgIpc) is 2.60. The minimum absolute atomic E-state index is 0.171. The first-order valence-electron chi connectivity index (χ1n) is 9.05. The van der Waals surface area contributed by atoms with E-state index in [0.717, 1.165) is 64.3 Å². The fraction of sp³-hybridized carbons (Fsp3) is 0.632. The minimum atomic E-state index is -0.374. The predicted molar refractivity (Wildman–Crippen MR) is 95.3 cm³/mol. The number of halogens is 1. The molecule has 2 aliphatic heterocycles. The van der Waals surface area contributed by atoms with Crippen molar-refractivity contribution in [3.05, 3.63) is 35.1 Å². The van der Waals surface area contributed by atoms with Gasteiger partial charge in [0.25, 0.3) is 5.91 Å². The van der Waals surface area contributed by atoms with Gasteiger partial charge in [-0.1, -0.05) is 6.07 Å². The van der Waals surface area contributed by atoms with Crippen molar-refractivity contribution >= 4 is 5.91 Å². The number of hydrogen-bond donors (Lipinski definition) is 1. The first-order chi connectivity index (χ1) is 12.0. The molecule has 1 aromatic rings. The molecule has 1 N–H and O–H groups in total. The lowest BCUT2D eigenvalue weighted by Crippen LogP contribution is -2.61. The number of morpholine rings is 1. The number of ether oxygens (including phenoxy) is 1. The van der Waals surface area contributed by atoms with E-state index < -0.39 is 0 Å². The van der Waals surface area contributed by atoms with Gasteiger partial charge in [0.15, 0.2) is 0 Å². The van der Waals surface area contributed by atoms with E-state index in [9.17, 15) is 9.18 Å². The van der Waals surface area contributed by atoms with Crippen molar-refractivity contribution in [2.45, 2.75) is 25.3 Å². The molecule has 0 radical (unpaired) electrons. The first kappa shape index (κ1) is 18.3. The number of nitrogens with zero attached hydrogens (tertiary/aromatic N) is 2. The largest absolute Gasteiger partial charge is 0.379 e. The van der Waals surface area contributed by atoms with Gasteiger partial charge in [0.05, 0.1) is 18.8 Å². The summed E-state index contributed by atoms with van der Waals surface area (Å²) in [5.41, 5.74) is 0.966. The summed E-state index contributed by atoms with van der Waals surface area (Å²) in [6, 6.07) is 4.39.